The number of hydrogen-bond acceptors (Lipinski definition) is 5. The van der Waals surface area contributed by atoms with Gasteiger partial charge in [-0.05, 0) is 48.7 Å². The molecule has 1 N–H and O–H groups in total. The number of urea groups is 1. The predicted octanol–water partition coefficient (Wildman–Crippen LogP) is 2.65. The van der Waals surface area contributed by atoms with Gasteiger partial charge in [-0.1, -0.05) is 18.2 Å². The van der Waals surface area contributed by atoms with Crippen molar-refractivity contribution in [1.82, 2.24) is 14.8 Å². The maximum Gasteiger partial charge on any atom is 0.332 e. The van der Waals surface area contributed by atoms with Crippen molar-refractivity contribution >= 4 is 23.5 Å². The molecule has 144 valence electrons. The van der Waals surface area contributed by atoms with Gasteiger partial charge in [0.25, 0.3) is 0 Å². The molecule has 0 saturated carbocycles. The zero-order chi connectivity index (χ0) is 20.3. The lowest BCUT2D eigenvalue weighted by molar-refractivity contribution is -0.145. The van der Waals surface area contributed by atoms with Gasteiger partial charge < -0.3 is 5.32 Å². The molecule has 4 amide bonds. The van der Waals surface area contributed by atoms with E-state index in [9.17, 15) is 14.4 Å². The highest BCUT2D eigenvalue weighted by molar-refractivity contribution is 6.17. The Labute approximate surface area is 163 Å². The molecule has 0 aliphatic carbocycles. The normalized spacial score (nSPS) is 16.0. The molecule has 0 unspecified atom stereocenters. The van der Waals surface area contributed by atoms with Crippen molar-refractivity contribution in [3.63, 3.8) is 0 Å². The van der Waals surface area contributed by atoms with Gasteiger partial charge in [0.15, 0.2) is 5.92 Å². The molecular weight excluding hydrogens is 356 g/mol. The highest BCUT2D eigenvalue weighted by Gasteiger charge is 2.44. The first-order valence-electron chi connectivity index (χ1n) is 8.92. The summed E-state index contributed by atoms with van der Waals surface area (Å²) in [5, 5.41) is 3.15. The maximum absolute atomic E-state index is 12.5. The van der Waals surface area contributed by atoms with Gasteiger partial charge in [0, 0.05) is 37.9 Å². The van der Waals surface area contributed by atoms with Crippen molar-refractivity contribution < 1.29 is 14.4 Å². The van der Waals surface area contributed by atoms with Gasteiger partial charge >= 0.3 is 6.03 Å². The SMILES string of the molecule is C/C=C(/Nc1ccc(Cc2ccncc2)cc1)C1C(=O)N(C)C(=O)N(C)C1=O. The van der Waals surface area contributed by atoms with E-state index in [4.69, 9.17) is 0 Å². The van der Waals surface area contributed by atoms with E-state index in [0.29, 0.717) is 5.70 Å². The fourth-order valence-electron chi connectivity index (χ4n) is 3.09. The average Bonchev–Trinajstić information content (AvgIpc) is 2.72. The number of imide groups is 2. The highest BCUT2D eigenvalue weighted by atomic mass is 16.2. The number of nitrogens with one attached hydrogen (secondary N) is 1. The summed E-state index contributed by atoms with van der Waals surface area (Å²) in [7, 11) is 2.75. The van der Waals surface area contributed by atoms with Crippen LogP contribution in [0.15, 0.2) is 60.6 Å². The zero-order valence-electron chi connectivity index (χ0n) is 16.0. The summed E-state index contributed by atoms with van der Waals surface area (Å²) in [5.74, 6) is -2.14. The third-order valence-corrected chi connectivity index (χ3v) is 4.75. The van der Waals surface area contributed by atoms with Gasteiger partial charge in [0.2, 0.25) is 11.8 Å². The summed E-state index contributed by atoms with van der Waals surface area (Å²) >= 11 is 0. The number of aromatic nitrogens is 1. The minimum absolute atomic E-state index is 0.447. The van der Waals surface area contributed by atoms with Crippen LogP contribution < -0.4 is 5.32 Å². The van der Waals surface area contributed by atoms with E-state index >= 15 is 0 Å². The highest BCUT2D eigenvalue weighted by Crippen LogP contribution is 2.24. The van der Waals surface area contributed by atoms with Gasteiger partial charge in [0.05, 0.1) is 0 Å². The van der Waals surface area contributed by atoms with Crippen LogP contribution in [0.3, 0.4) is 0 Å². The molecule has 2 heterocycles. The van der Waals surface area contributed by atoms with Crippen molar-refractivity contribution in [2.75, 3.05) is 19.4 Å². The fourth-order valence-corrected chi connectivity index (χ4v) is 3.09. The number of carbonyl (C=O) groups is 3. The van der Waals surface area contributed by atoms with E-state index in [-0.39, 0.29) is 0 Å². The number of anilines is 1. The standard InChI is InChI=1S/C21H22N4O3/c1-4-17(18-19(26)24(2)21(28)25(3)20(18)27)23-16-7-5-14(6-8-16)13-15-9-11-22-12-10-15/h4-12,18,23H,13H2,1-3H3/b17-4+. The zero-order valence-corrected chi connectivity index (χ0v) is 16.0. The molecule has 0 atom stereocenters. The monoisotopic (exact) mass is 378 g/mol. The Morgan fingerprint density at radius 3 is 2.04 bits per heavy atom. The Balaban J connectivity index is 1.75. The van der Waals surface area contributed by atoms with Crippen molar-refractivity contribution in [1.29, 1.82) is 0 Å². The van der Waals surface area contributed by atoms with E-state index < -0.39 is 23.8 Å². The van der Waals surface area contributed by atoms with Crippen LogP contribution in [0.5, 0.6) is 0 Å². The second-order valence-corrected chi connectivity index (χ2v) is 6.61. The van der Waals surface area contributed by atoms with Gasteiger partial charge in [0.1, 0.15) is 0 Å². The molecule has 1 fully saturated rings. The molecule has 1 aliphatic rings. The minimum Gasteiger partial charge on any atom is -0.358 e. The molecule has 0 spiro atoms. The number of barbiturate groups is 1. The topological polar surface area (TPSA) is 82.6 Å². The summed E-state index contributed by atoms with van der Waals surface area (Å²) < 4.78 is 0. The molecule has 0 radical (unpaired) electrons. The Hall–Kier alpha value is -3.48. The molecule has 3 rings (SSSR count). The Kier molecular flexibility index (Phi) is 5.54. The summed E-state index contributed by atoms with van der Waals surface area (Å²) in [6.45, 7) is 1.75. The number of rotatable bonds is 5. The quantitative estimate of drug-likeness (QED) is 0.809. The van der Waals surface area contributed by atoms with Gasteiger partial charge in [-0.3, -0.25) is 24.4 Å². The summed E-state index contributed by atoms with van der Waals surface area (Å²) in [6.07, 6.45) is 6.00. The summed E-state index contributed by atoms with van der Waals surface area (Å²) in [4.78, 5) is 42.9. The van der Waals surface area contributed by atoms with Crippen LogP contribution >= 0.6 is 0 Å². The molecular formula is C21H22N4O3. The Bertz CT molecular complexity index is 898. The number of allylic oxidation sites excluding steroid dienone is 1. The first-order chi connectivity index (χ1) is 13.4. The van der Waals surface area contributed by atoms with Crippen LogP contribution in [-0.2, 0) is 16.0 Å². The Morgan fingerprint density at radius 1 is 0.964 bits per heavy atom. The lowest BCUT2D eigenvalue weighted by atomic mass is 9.99. The number of hydrogen-bond donors (Lipinski definition) is 1. The molecule has 1 aliphatic heterocycles. The van der Waals surface area contributed by atoms with Crippen LogP contribution in [0.1, 0.15) is 18.1 Å². The first-order valence-corrected chi connectivity index (χ1v) is 8.92. The van der Waals surface area contributed by atoms with E-state index in [1.165, 1.54) is 19.7 Å². The van der Waals surface area contributed by atoms with Crippen LogP contribution in [0, 0.1) is 5.92 Å². The smallest absolute Gasteiger partial charge is 0.332 e. The maximum atomic E-state index is 12.5. The predicted molar refractivity (Wildman–Crippen MR) is 105 cm³/mol. The third-order valence-electron chi connectivity index (χ3n) is 4.75. The van der Waals surface area contributed by atoms with Crippen molar-refractivity contribution in [3.8, 4) is 0 Å². The van der Waals surface area contributed by atoms with Gasteiger partial charge in [-0.2, -0.15) is 0 Å². The molecule has 7 nitrogen and oxygen atoms in total. The number of pyridine rings is 1. The summed E-state index contributed by atoms with van der Waals surface area (Å²) in [5.41, 5.74) is 3.50. The second-order valence-electron chi connectivity index (χ2n) is 6.61. The van der Waals surface area contributed by atoms with E-state index in [0.717, 1.165) is 27.5 Å². The molecule has 2 aromatic rings. The molecule has 1 aromatic heterocycles. The number of nitrogens with zero attached hydrogens (tertiary/aromatic N) is 3. The molecule has 0 bridgehead atoms. The van der Waals surface area contributed by atoms with Crippen LogP contribution in [0.2, 0.25) is 0 Å². The van der Waals surface area contributed by atoms with Gasteiger partial charge in [-0.15, -0.1) is 0 Å². The number of benzene rings is 1. The van der Waals surface area contributed by atoms with Crippen molar-refractivity contribution in [3.05, 3.63) is 71.7 Å². The van der Waals surface area contributed by atoms with E-state index in [1.54, 1.807) is 25.4 Å². The summed E-state index contributed by atoms with van der Waals surface area (Å²) in [6, 6.07) is 11.1. The third kappa shape index (κ3) is 3.78. The van der Waals surface area contributed by atoms with Gasteiger partial charge in [-0.25, -0.2) is 4.79 Å². The van der Waals surface area contributed by atoms with E-state index in [1.807, 2.05) is 36.4 Å². The minimum atomic E-state index is -1.06. The molecule has 1 aromatic carbocycles. The van der Waals surface area contributed by atoms with Crippen molar-refractivity contribution in [2.45, 2.75) is 13.3 Å². The lowest BCUT2D eigenvalue weighted by Crippen LogP contribution is -2.57. The van der Waals surface area contributed by atoms with Crippen LogP contribution in [0.25, 0.3) is 0 Å². The first kappa shape index (κ1) is 19.3. The van der Waals surface area contributed by atoms with Crippen molar-refractivity contribution in [2.24, 2.45) is 5.92 Å². The number of carbonyl (C=O) groups excluding carboxylic acids is 3. The molecule has 7 heteroatoms. The largest absolute Gasteiger partial charge is 0.358 e. The fraction of sp³-hybridized carbons (Fsp3) is 0.238. The lowest BCUT2D eigenvalue weighted by Gasteiger charge is -2.34. The Morgan fingerprint density at radius 2 is 1.50 bits per heavy atom. The number of amides is 4. The average molecular weight is 378 g/mol. The second kappa shape index (κ2) is 8.04. The van der Waals surface area contributed by atoms with E-state index in [2.05, 4.69) is 10.3 Å². The molecule has 28 heavy (non-hydrogen) atoms. The van der Waals surface area contributed by atoms with Crippen LogP contribution in [0.4, 0.5) is 10.5 Å². The molecule has 1 saturated heterocycles. The van der Waals surface area contributed by atoms with Crippen LogP contribution in [-0.4, -0.2) is 46.7 Å².